The van der Waals surface area contributed by atoms with E-state index in [4.69, 9.17) is 5.11 Å². The number of H-pyrrole nitrogens is 1. The number of nitrogens with one attached hydrogen (secondary N) is 1. The molecule has 0 aliphatic rings. The smallest absolute Gasteiger partial charge is 0.335 e. The van der Waals surface area contributed by atoms with Crippen molar-refractivity contribution in [2.45, 2.75) is 6.54 Å². The topological polar surface area (TPSA) is 101 Å². The molecule has 0 atom stereocenters. The van der Waals surface area contributed by atoms with Crippen LogP contribution >= 0.6 is 0 Å². The monoisotopic (exact) mass is 270 g/mol. The summed E-state index contributed by atoms with van der Waals surface area (Å²) in [6.07, 6.45) is 1.56. The summed E-state index contributed by atoms with van der Waals surface area (Å²) in [4.78, 5) is 25.5. The fourth-order valence-electron chi connectivity index (χ4n) is 2.03. The molecule has 3 rings (SSSR count). The number of carboxylic acids is 1. The number of fused-ring (bicyclic) bond motifs is 1. The molecule has 0 bridgehead atoms. The Morgan fingerprint density at radius 3 is 2.90 bits per heavy atom. The number of hydrogen-bond acceptors (Lipinski definition) is 4. The molecule has 1 aromatic carbocycles. The first-order valence-electron chi connectivity index (χ1n) is 5.87. The molecule has 100 valence electrons. The van der Waals surface area contributed by atoms with Gasteiger partial charge in [-0.2, -0.15) is 10.2 Å². The van der Waals surface area contributed by atoms with Crippen molar-refractivity contribution in [3.63, 3.8) is 0 Å². The van der Waals surface area contributed by atoms with Crippen molar-refractivity contribution >= 4 is 17.0 Å². The Labute approximate surface area is 112 Å². The average molecular weight is 270 g/mol. The van der Waals surface area contributed by atoms with E-state index >= 15 is 0 Å². The van der Waals surface area contributed by atoms with Gasteiger partial charge in [-0.1, -0.05) is 0 Å². The van der Waals surface area contributed by atoms with Gasteiger partial charge in [-0.15, -0.1) is 0 Å². The SMILES string of the molecule is O=C(O)c1ccc2c(c1)[nH]c(=O)n2Cc1cccnn1. The minimum Gasteiger partial charge on any atom is -0.478 e. The number of nitrogens with zero attached hydrogens (tertiary/aromatic N) is 3. The zero-order valence-corrected chi connectivity index (χ0v) is 10.3. The lowest BCUT2D eigenvalue weighted by Crippen LogP contribution is -2.18. The van der Waals surface area contributed by atoms with Gasteiger partial charge in [-0.25, -0.2) is 9.59 Å². The summed E-state index contributed by atoms with van der Waals surface area (Å²) in [6.45, 7) is 0.277. The molecule has 0 aliphatic carbocycles. The van der Waals surface area contributed by atoms with Crippen LogP contribution in [-0.4, -0.2) is 30.8 Å². The maximum Gasteiger partial charge on any atom is 0.335 e. The minimum atomic E-state index is -1.03. The first-order valence-corrected chi connectivity index (χ1v) is 5.87. The van der Waals surface area contributed by atoms with Crippen LogP contribution in [0.15, 0.2) is 41.3 Å². The van der Waals surface area contributed by atoms with Crippen molar-refractivity contribution in [2.24, 2.45) is 0 Å². The number of carbonyl (C=O) groups is 1. The Balaban J connectivity index is 2.10. The standard InChI is InChI=1S/C13H10N4O3/c18-12(19)8-3-4-11-10(6-8)15-13(20)17(11)7-9-2-1-5-14-16-9/h1-6H,7H2,(H,15,20)(H,18,19). The molecule has 0 fully saturated rings. The third-order valence-electron chi connectivity index (χ3n) is 2.97. The molecule has 7 heteroatoms. The van der Waals surface area contributed by atoms with E-state index in [2.05, 4.69) is 15.2 Å². The predicted molar refractivity (Wildman–Crippen MR) is 70.7 cm³/mol. The predicted octanol–water partition coefficient (Wildman–Crippen LogP) is 0.866. The number of imidazole rings is 1. The van der Waals surface area contributed by atoms with E-state index in [1.807, 2.05) is 0 Å². The average Bonchev–Trinajstić information content (AvgIpc) is 2.75. The second kappa shape index (κ2) is 4.61. The summed E-state index contributed by atoms with van der Waals surface area (Å²) >= 11 is 0. The molecule has 0 unspecified atom stereocenters. The van der Waals surface area contributed by atoms with E-state index < -0.39 is 5.97 Å². The zero-order chi connectivity index (χ0) is 14.1. The summed E-state index contributed by atoms with van der Waals surface area (Å²) in [7, 11) is 0. The first kappa shape index (κ1) is 12.1. The Morgan fingerprint density at radius 2 is 2.20 bits per heavy atom. The molecular formula is C13H10N4O3. The quantitative estimate of drug-likeness (QED) is 0.735. The van der Waals surface area contributed by atoms with Crippen LogP contribution in [0.2, 0.25) is 0 Å². The lowest BCUT2D eigenvalue weighted by Gasteiger charge is -2.02. The van der Waals surface area contributed by atoms with Crippen LogP contribution in [-0.2, 0) is 6.54 Å². The number of carboxylic acid groups (broad SMARTS) is 1. The molecule has 7 nitrogen and oxygen atoms in total. The number of aromatic carboxylic acids is 1. The lowest BCUT2D eigenvalue weighted by molar-refractivity contribution is 0.0697. The van der Waals surface area contributed by atoms with E-state index in [-0.39, 0.29) is 17.8 Å². The van der Waals surface area contributed by atoms with Crippen LogP contribution in [0.3, 0.4) is 0 Å². The summed E-state index contributed by atoms with van der Waals surface area (Å²) in [5, 5.41) is 16.6. The summed E-state index contributed by atoms with van der Waals surface area (Å²) in [6, 6.07) is 8.01. The molecule has 0 saturated heterocycles. The zero-order valence-electron chi connectivity index (χ0n) is 10.3. The van der Waals surface area contributed by atoms with Gasteiger partial charge in [0.15, 0.2) is 0 Å². The van der Waals surface area contributed by atoms with Gasteiger partial charge < -0.3 is 10.1 Å². The molecule has 0 amide bonds. The van der Waals surface area contributed by atoms with Crippen molar-refractivity contribution in [3.05, 3.63) is 58.3 Å². The molecule has 2 N–H and O–H groups in total. The van der Waals surface area contributed by atoms with Gasteiger partial charge in [0.2, 0.25) is 0 Å². The Kier molecular flexibility index (Phi) is 2.79. The summed E-state index contributed by atoms with van der Waals surface area (Å²) in [5.41, 5.74) is 1.58. The van der Waals surface area contributed by atoms with Gasteiger partial charge >= 0.3 is 11.7 Å². The van der Waals surface area contributed by atoms with Crippen LogP contribution < -0.4 is 5.69 Å². The van der Waals surface area contributed by atoms with E-state index in [0.29, 0.717) is 16.7 Å². The van der Waals surface area contributed by atoms with E-state index in [1.165, 1.54) is 16.7 Å². The molecular weight excluding hydrogens is 260 g/mol. The maximum atomic E-state index is 11.9. The maximum absolute atomic E-state index is 11.9. The first-order chi connectivity index (χ1) is 9.65. The largest absolute Gasteiger partial charge is 0.478 e. The summed E-state index contributed by atoms with van der Waals surface area (Å²) < 4.78 is 1.49. The van der Waals surface area contributed by atoms with Gasteiger partial charge in [0.1, 0.15) is 0 Å². The van der Waals surface area contributed by atoms with Gasteiger partial charge in [-0.3, -0.25) is 4.57 Å². The van der Waals surface area contributed by atoms with Gasteiger partial charge in [0.05, 0.1) is 28.8 Å². The second-order valence-electron chi connectivity index (χ2n) is 4.27. The Hall–Kier alpha value is -2.96. The van der Waals surface area contributed by atoms with E-state index in [1.54, 1.807) is 24.4 Å². The summed E-state index contributed by atoms with van der Waals surface area (Å²) in [5.74, 6) is -1.03. The molecule has 0 spiro atoms. The van der Waals surface area contributed by atoms with Crippen molar-refractivity contribution in [1.82, 2.24) is 19.7 Å². The number of benzene rings is 1. The normalized spacial score (nSPS) is 10.8. The van der Waals surface area contributed by atoms with Crippen LogP contribution in [0, 0.1) is 0 Å². The van der Waals surface area contributed by atoms with Crippen LogP contribution in [0.5, 0.6) is 0 Å². The van der Waals surface area contributed by atoms with Gasteiger partial charge in [-0.05, 0) is 30.3 Å². The van der Waals surface area contributed by atoms with Crippen molar-refractivity contribution in [1.29, 1.82) is 0 Å². The van der Waals surface area contributed by atoms with Crippen LogP contribution in [0.25, 0.3) is 11.0 Å². The molecule has 0 saturated carbocycles. The van der Waals surface area contributed by atoms with Crippen molar-refractivity contribution in [3.8, 4) is 0 Å². The van der Waals surface area contributed by atoms with Crippen LogP contribution in [0.1, 0.15) is 16.1 Å². The second-order valence-corrected chi connectivity index (χ2v) is 4.27. The highest BCUT2D eigenvalue weighted by Crippen LogP contribution is 2.13. The molecule has 3 aromatic rings. The van der Waals surface area contributed by atoms with Gasteiger partial charge in [0.25, 0.3) is 0 Å². The fourth-order valence-corrected chi connectivity index (χ4v) is 2.03. The van der Waals surface area contributed by atoms with E-state index in [0.717, 1.165) is 0 Å². The number of aromatic amines is 1. The van der Waals surface area contributed by atoms with Crippen molar-refractivity contribution < 1.29 is 9.90 Å². The highest BCUT2D eigenvalue weighted by molar-refractivity contribution is 5.92. The number of hydrogen-bond donors (Lipinski definition) is 2. The third kappa shape index (κ3) is 2.05. The van der Waals surface area contributed by atoms with Crippen LogP contribution in [0.4, 0.5) is 0 Å². The highest BCUT2D eigenvalue weighted by atomic mass is 16.4. The minimum absolute atomic E-state index is 0.130. The Bertz CT molecular complexity index is 836. The Morgan fingerprint density at radius 1 is 1.35 bits per heavy atom. The van der Waals surface area contributed by atoms with Gasteiger partial charge in [0, 0.05) is 6.20 Å². The number of aromatic nitrogens is 4. The van der Waals surface area contributed by atoms with Crippen molar-refractivity contribution in [2.75, 3.05) is 0 Å². The molecule has 2 aromatic heterocycles. The molecule has 0 aliphatic heterocycles. The highest BCUT2D eigenvalue weighted by Gasteiger charge is 2.10. The molecule has 20 heavy (non-hydrogen) atoms. The molecule has 0 radical (unpaired) electrons. The fraction of sp³-hybridized carbons (Fsp3) is 0.0769. The number of rotatable bonds is 3. The molecule has 2 heterocycles. The third-order valence-corrected chi connectivity index (χ3v) is 2.97. The lowest BCUT2D eigenvalue weighted by atomic mass is 10.2. The van der Waals surface area contributed by atoms with E-state index in [9.17, 15) is 9.59 Å².